The summed E-state index contributed by atoms with van der Waals surface area (Å²) < 4.78 is 12.1. The van der Waals surface area contributed by atoms with Crippen molar-refractivity contribution in [1.82, 2.24) is 0 Å². The van der Waals surface area contributed by atoms with Crippen molar-refractivity contribution in [3.8, 4) is 0 Å². The molecule has 1 heterocycles. The molecule has 2 rings (SSSR count). The van der Waals surface area contributed by atoms with Crippen molar-refractivity contribution in [2.24, 2.45) is 5.41 Å². The SMILES string of the molecule is CC(C)(/C=C/CB1OC(C)(C)C(C)(C)O1)CCc1ccccc1. The summed E-state index contributed by atoms with van der Waals surface area (Å²) in [5.41, 5.74) is 1.10. The van der Waals surface area contributed by atoms with Gasteiger partial charge in [0, 0.05) is 6.32 Å². The largest absolute Gasteiger partial charge is 0.461 e. The Labute approximate surface area is 142 Å². The highest BCUT2D eigenvalue weighted by Crippen LogP contribution is 2.38. The molecule has 0 N–H and O–H groups in total. The molecule has 1 fully saturated rings. The average molecular weight is 314 g/mol. The molecule has 0 amide bonds. The van der Waals surface area contributed by atoms with Crippen molar-refractivity contribution < 1.29 is 9.31 Å². The lowest BCUT2D eigenvalue weighted by Crippen LogP contribution is -2.41. The van der Waals surface area contributed by atoms with Crippen molar-refractivity contribution in [3.63, 3.8) is 0 Å². The normalized spacial score (nSPS) is 20.3. The fourth-order valence-corrected chi connectivity index (χ4v) is 2.75. The second-order valence-corrected chi connectivity index (χ2v) is 8.30. The van der Waals surface area contributed by atoms with Gasteiger partial charge in [-0.3, -0.25) is 0 Å². The minimum atomic E-state index is -0.242. The molecule has 126 valence electrons. The summed E-state index contributed by atoms with van der Waals surface area (Å²) in [6.45, 7) is 13.0. The minimum absolute atomic E-state index is 0.138. The van der Waals surface area contributed by atoms with Crippen molar-refractivity contribution in [2.75, 3.05) is 0 Å². The fourth-order valence-electron chi connectivity index (χ4n) is 2.75. The van der Waals surface area contributed by atoms with Gasteiger partial charge in [0.2, 0.25) is 0 Å². The molecule has 0 unspecified atom stereocenters. The number of aryl methyl sites for hydroxylation is 1. The maximum atomic E-state index is 6.03. The highest BCUT2D eigenvalue weighted by Gasteiger charge is 2.50. The molecular formula is C20H31BO2. The van der Waals surface area contributed by atoms with E-state index in [1.165, 1.54) is 5.56 Å². The fraction of sp³-hybridized carbons (Fsp3) is 0.600. The first-order valence-corrected chi connectivity index (χ1v) is 8.69. The molecule has 1 saturated heterocycles. The molecule has 1 aliphatic heterocycles. The van der Waals surface area contributed by atoms with E-state index in [1.807, 2.05) is 0 Å². The highest BCUT2D eigenvalue weighted by atomic mass is 16.7. The molecule has 23 heavy (non-hydrogen) atoms. The second kappa shape index (κ2) is 6.82. The molecule has 1 aromatic rings. The van der Waals surface area contributed by atoms with Crippen LogP contribution in [0.2, 0.25) is 6.32 Å². The average Bonchev–Trinajstić information content (AvgIpc) is 2.65. The standard InChI is InChI=1S/C20H31BO2/c1-18(2,15-13-17-11-8-7-9-12-17)14-10-16-21-22-19(3,4)20(5,6)23-21/h7-12,14H,13,15-16H2,1-6H3/b14-10+. The molecule has 0 atom stereocenters. The lowest BCUT2D eigenvalue weighted by atomic mass is 9.81. The molecule has 0 saturated carbocycles. The summed E-state index contributed by atoms with van der Waals surface area (Å²) >= 11 is 0. The van der Waals surface area contributed by atoms with Crippen LogP contribution in [0.5, 0.6) is 0 Å². The van der Waals surface area contributed by atoms with E-state index in [0.717, 1.165) is 19.2 Å². The van der Waals surface area contributed by atoms with E-state index in [0.29, 0.717) is 0 Å². The van der Waals surface area contributed by atoms with Gasteiger partial charge in [0.15, 0.2) is 0 Å². The Bertz CT molecular complexity index is 516. The first kappa shape index (κ1) is 18.3. The van der Waals surface area contributed by atoms with Crippen LogP contribution in [0, 0.1) is 5.41 Å². The molecule has 0 aliphatic carbocycles. The topological polar surface area (TPSA) is 18.5 Å². The van der Waals surface area contributed by atoms with Crippen molar-refractivity contribution in [1.29, 1.82) is 0 Å². The maximum absolute atomic E-state index is 6.03. The van der Waals surface area contributed by atoms with E-state index >= 15 is 0 Å². The molecule has 0 radical (unpaired) electrons. The van der Waals surface area contributed by atoms with Crippen molar-refractivity contribution in [3.05, 3.63) is 48.0 Å². The molecule has 1 aromatic carbocycles. The Hall–Kier alpha value is -1.06. The minimum Gasteiger partial charge on any atom is -0.403 e. The van der Waals surface area contributed by atoms with E-state index < -0.39 is 0 Å². The monoisotopic (exact) mass is 314 g/mol. The molecule has 0 spiro atoms. The highest BCUT2D eigenvalue weighted by molar-refractivity contribution is 6.46. The molecule has 3 heteroatoms. The Morgan fingerprint density at radius 3 is 2.13 bits per heavy atom. The van der Waals surface area contributed by atoms with E-state index in [1.54, 1.807) is 0 Å². The van der Waals surface area contributed by atoms with Crippen LogP contribution < -0.4 is 0 Å². The summed E-state index contributed by atoms with van der Waals surface area (Å²) in [5, 5.41) is 0. The van der Waals surface area contributed by atoms with Crippen LogP contribution in [-0.4, -0.2) is 18.3 Å². The molecule has 0 bridgehead atoms. The van der Waals surface area contributed by atoms with Crippen LogP contribution >= 0.6 is 0 Å². The Kier molecular flexibility index (Phi) is 5.42. The third-order valence-electron chi connectivity index (χ3n) is 5.10. The van der Waals surface area contributed by atoms with E-state index in [-0.39, 0.29) is 23.7 Å². The van der Waals surface area contributed by atoms with Gasteiger partial charge in [0.25, 0.3) is 0 Å². The smallest absolute Gasteiger partial charge is 0.403 e. The zero-order valence-corrected chi connectivity index (χ0v) is 15.6. The summed E-state index contributed by atoms with van der Waals surface area (Å²) in [6.07, 6.45) is 7.57. The number of rotatable bonds is 6. The summed E-state index contributed by atoms with van der Waals surface area (Å²) in [7, 11) is -0.138. The Balaban J connectivity index is 1.83. The zero-order valence-electron chi connectivity index (χ0n) is 15.6. The first-order valence-electron chi connectivity index (χ1n) is 8.69. The van der Waals surface area contributed by atoms with Crippen LogP contribution in [-0.2, 0) is 15.7 Å². The molecule has 0 aromatic heterocycles. The summed E-state index contributed by atoms with van der Waals surface area (Å²) in [6, 6.07) is 10.7. The van der Waals surface area contributed by atoms with Crippen LogP contribution in [0.3, 0.4) is 0 Å². The first-order chi connectivity index (χ1) is 10.6. The van der Waals surface area contributed by atoms with Gasteiger partial charge < -0.3 is 9.31 Å². The van der Waals surface area contributed by atoms with Crippen molar-refractivity contribution in [2.45, 2.75) is 71.9 Å². The van der Waals surface area contributed by atoms with E-state index in [9.17, 15) is 0 Å². The third kappa shape index (κ3) is 4.96. The Morgan fingerprint density at radius 2 is 1.57 bits per heavy atom. The lowest BCUT2D eigenvalue weighted by molar-refractivity contribution is 0.00578. The molecule has 1 aliphatic rings. The van der Waals surface area contributed by atoms with Gasteiger partial charge in [-0.1, -0.05) is 56.3 Å². The quantitative estimate of drug-likeness (QED) is 0.524. The molecular weight excluding hydrogens is 283 g/mol. The number of benzene rings is 1. The van der Waals surface area contributed by atoms with Crippen LogP contribution in [0.15, 0.2) is 42.5 Å². The van der Waals surface area contributed by atoms with Crippen LogP contribution in [0.1, 0.15) is 53.5 Å². The number of hydrogen-bond donors (Lipinski definition) is 0. The predicted octanol–water partition coefficient (Wildman–Crippen LogP) is 5.29. The lowest BCUT2D eigenvalue weighted by Gasteiger charge is -2.32. The van der Waals surface area contributed by atoms with Gasteiger partial charge in [-0.05, 0) is 51.5 Å². The second-order valence-electron chi connectivity index (χ2n) is 8.30. The number of allylic oxidation sites excluding steroid dienone is 2. The van der Waals surface area contributed by atoms with E-state index in [4.69, 9.17) is 9.31 Å². The summed E-state index contributed by atoms with van der Waals surface area (Å²) in [4.78, 5) is 0. The van der Waals surface area contributed by atoms with Gasteiger partial charge in [0.1, 0.15) is 0 Å². The van der Waals surface area contributed by atoms with Gasteiger partial charge in [-0.25, -0.2) is 0 Å². The van der Waals surface area contributed by atoms with Gasteiger partial charge in [-0.15, -0.1) is 0 Å². The van der Waals surface area contributed by atoms with Gasteiger partial charge in [-0.2, -0.15) is 0 Å². The molecule has 2 nitrogen and oxygen atoms in total. The van der Waals surface area contributed by atoms with E-state index in [2.05, 4.69) is 84.0 Å². The van der Waals surface area contributed by atoms with Crippen LogP contribution in [0.4, 0.5) is 0 Å². The third-order valence-corrected chi connectivity index (χ3v) is 5.10. The predicted molar refractivity (Wildman–Crippen MR) is 98.6 cm³/mol. The van der Waals surface area contributed by atoms with Gasteiger partial charge >= 0.3 is 7.12 Å². The maximum Gasteiger partial charge on any atom is 0.461 e. The van der Waals surface area contributed by atoms with Crippen molar-refractivity contribution >= 4 is 7.12 Å². The number of hydrogen-bond acceptors (Lipinski definition) is 2. The zero-order chi connectivity index (χ0) is 17.1. The Morgan fingerprint density at radius 1 is 1.00 bits per heavy atom. The summed E-state index contributed by atoms with van der Waals surface area (Å²) in [5.74, 6) is 0. The van der Waals surface area contributed by atoms with Gasteiger partial charge in [0.05, 0.1) is 11.2 Å². The van der Waals surface area contributed by atoms with Crippen LogP contribution in [0.25, 0.3) is 0 Å².